The number of carbonyl (C=O) groups is 2. The van der Waals surface area contributed by atoms with Crippen LogP contribution in [0, 0.1) is 10.8 Å². The van der Waals surface area contributed by atoms with E-state index >= 15 is 0 Å². The van der Waals surface area contributed by atoms with Crippen molar-refractivity contribution >= 4 is 34.5 Å². The van der Waals surface area contributed by atoms with E-state index in [1.54, 1.807) is 0 Å². The molecular formula is C20H26N2O2S2. The molecule has 6 heteroatoms. The van der Waals surface area contributed by atoms with Crippen molar-refractivity contribution in [1.29, 1.82) is 0 Å². The molecule has 1 aliphatic carbocycles. The second kappa shape index (κ2) is 7.53. The van der Waals surface area contributed by atoms with Gasteiger partial charge in [-0.1, -0.05) is 32.9 Å². The minimum Gasteiger partial charge on any atom is -0.351 e. The smallest absolute Gasteiger partial charge is 0.261 e. The summed E-state index contributed by atoms with van der Waals surface area (Å²) >= 11 is 2.92. The van der Waals surface area contributed by atoms with E-state index in [1.165, 1.54) is 22.7 Å². The lowest BCUT2D eigenvalue weighted by atomic mass is 9.62. The van der Waals surface area contributed by atoms with Crippen LogP contribution in [0.3, 0.4) is 0 Å². The van der Waals surface area contributed by atoms with Gasteiger partial charge in [-0.2, -0.15) is 0 Å². The molecule has 26 heavy (non-hydrogen) atoms. The summed E-state index contributed by atoms with van der Waals surface area (Å²) in [7, 11) is 0. The van der Waals surface area contributed by atoms with E-state index in [0.717, 1.165) is 29.0 Å². The molecule has 2 N–H and O–H groups in total. The quantitative estimate of drug-likeness (QED) is 0.786. The van der Waals surface area contributed by atoms with Crippen molar-refractivity contribution in [2.24, 2.45) is 10.8 Å². The first-order valence-corrected chi connectivity index (χ1v) is 10.7. The van der Waals surface area contributed by atoms with Crippen LogP contribution in [-0.4, -0.2) is 24.4 Å². The Morgan fingerprint density at radius 2 is 1.65 bits per heavy atom. The summed E-state index contributed by atoms with van der Waals surface area (Å²) in [6.07, 6.45) is 2.85. The zero-order valence-electron chi connectivity index (χ0n) is 15.5. The Labute approximate surface area is 163 Å². The van der Waals surface area contributed by atoms with Crippen molar-refractivity contribution in [3.8, 4) is 0 Å². The Morgan fingerprint density at radius 3 is 2.23 bits per heavy atom. The standard InChI is InChI=1S/C20H26N2O2S2/c1-19(2)10-14(22-18(24)16-7-5-9-26-16)11-20(3,12-19)13-21-17(23)15-6-4-8-25-15/h4-9,14H,10-13H2,1-3H3,(H,21,23)(H,22,24)/t14-,20-/m1/s1. The van der Waals surface area contributed by atoms with Crippen LogP contribution in [0.4, 0.5) is 0 Å². The third kappa shape index (κ3) is 4.74. The van der Waals surface area contributed by atoms with Gasteiger partial charge >= 0.3 is 0 Å². The minimum absolute atomic E-state index is 0.00710. The highest BCUT2D eigenvalue weighted by atomic mass is 32.1. The normalized spacial score (nSPS) is 24.8. The fourth-order valence-electron chi connectivity index (χ4n) is 4.32. The van der Waals surface area contributed by atoms with Crippen LogP contribution in [0.15, 0.2) is 35.0 Å². The molecule has 0 aromatic carbocycles. The van der Waals surface area contributed by atoms with Crippen molar-refractivity contribution in [2.45, 2.75) is 46.1 Å². The molecule has 2 aromatic rings. The third-order valence-electron chi connectivity index (χ3n) is 4.94. The van der Waals surface area contributed by atoms with Gasteiger partial charge in [0.1, 0.15) is 0 Å². The summed E-state index contributed by atoms with van der Waals surface area (Å²) in [6, 6.07) is 7.61. The topological polar surface area (TPSA) is 58.2 Å². The molecule has 2 amide bonds. The van der Waals surface area contributed by atoms with Crippen molar-refractivity contribution in [3.05, 3.63) is 44.8 Å². The Bertz CT molecular complexity index is 753. The molecular weight excluding hydrogens is 364 g/mol. The average Bonchev–Trinajstić information content (AvgIpc) is 3.23. The Hall–Kier alpha value is -1.66. The summed E-state index contributed by atoms with van der Waals surface area (Å²) < 4.78 is 0. The number of amides is 2. The molecule has 0 saturated heterocycles. The maximum atomic E-state index is 12.4. The number of nitrogens with one attached hydrogen (secondary N) is 2. The number of thiophene rings is 2. The highest BCUT2D eigenvalue weighted by Crippen LogP contribution is 2.45. The third-order valence-corrected chi connectivity index (χ3v) is 6.68. The molecule has 1 fully saturated rings. The van der Waals surface area contributed by atoms with E-state index in [1.807, 2.05) is 35.0 Å². The SMILES string of the molecule is CC1(C)C[C@@H](NC(=O)c2cccs2)C[C@@](C)(CNC(=O)c2cccs2)C1. The second-order valence-electron chi connectivity index (χ2n) is 8.37. The van der Waals surface area contributed by atoms with Crippen LogP contribution in [0.1, 0.15) is 59.4 Å². The highest BCUT2D eigenvalue weighted by Gasteiger charge is 2.42. The fraction of sp³-hybridized carbons (Fsp3) is 0.500. The molecule has 0 spiro atoms. The monoisotopic (exact) mass is 390 g/mol. The van der Waals surface area contributed by atoms with E-state index in [2.05, 4.69) is 31.4 Å². The Balaban J connectivity index is 1.64. The van der Waals surface area contributed by atoms with Crippen molar-refractivity contribution in [2.75, 3.05) is 6.54 Å². The van der Waals surface area contributed by atoms with Crippen LogP contribution in [0.2, 0.25) is 0 Å². The molecule has 0 radical (unpaired) electrons. The van der Waals surface area contributed by atoms with Crippen LogP contribution in [-0.2, 0) is 0 Å². The predicted molar refractivity (Wildman–Crippen MR) is 108 cm³/mol. The van der Waals surface area contributed by atoms with Gasteiger partial charge < -0.3 is 10.6 Å². The highest BCUT2D eigenvalue weighted by molar-refractivity contribution is 7.12. The summed E-state index contributed by atoms with van der Waals surface area (Å²) in [4.78, 5) is 26.2. The van der Waals surface area contributed by atoms with Gasteiger partial charge in [0.05, 0.1) is 9.75 Å². The van der Waals surface area contributed by atoms with Crippen LogP contribution >= 0.6 is 22.7 Å². The van der Waals surface area contributed by atoms with Gasteiger partial charge in [-0.3, -0.25) is 9.59 Å². The Morgan fingerprint density at radius 1 is 1.04 bits per heavy atom. The van der Waals surface area contributed by atoms with Gasteiger partial charge in [0.15, 0.2) is 0 Å². The van der Waals surface area contributed by atoms with Crippen molar-refractivity contribution in [1.82, 2.24) is 10.6 Å². The summed E-state index contributed by atoms with van der Waals surface area (Å²) in [5, 5.41) is 10.1. The van der Waals surface area contributed by atoms with E-state index in [0.29, 0.717) is 6.54 Å². The summed E-state index contributed by atoms with van der Waals surface area (Å²) in [5.41, 5.74) is 0.0795. The largest absolute Gasteiger partial charge is 0.351 e. The number of carbonyl (C=O) groups excluding carboxylic acids is 2. The number of hydrogen-bond acceptors (Lipinski definition) is 4. The van der Waals surface area contributed by atoms with Gasteiger partial charge in [-0.25, -0.2) is 0 Å². The van der Waals surface area contributed by atoms with Crippen LogP contribution in [0.5, 0.6) is 0 Å². The van der Waals surface area contributed by atoms with Gasteiger partial charge in [0.25, 0.3) is 11.8 Å². The first-order chi connectivity index (χ1) is 12.3. The zero-order valence-corrected chi connectivity index (χ0v) is 17.1. The number of rotatable bonds is 5. The first kappa shape index (κ1) is 19.1. The lowest BCUT2D eigenvalue weighted by Gasteiger charge is -2.47. The lowest BCUT2D eigenvalue weighted by Crippen LogP contribution is -2.50. The van der Waals surface area contributed by atoms with Gasteiger partial charge in [-0.15, -0.1) is 22.7 Å². The summed E-state index contributed by atoms with van der Waals surface area (Å²) in [6.45, 7) is 7.33. The molecule has 0 aliphatic heterocycles. The van der Waals surface area contributed by atoms with Crippen LogP contribution in [0.25, 0.3) is 0 Å². The lowest BCUT2D eigenvalue weighted by molar-refractivity contribution is 0.0594. The van der Waals surface area contributed by atoms with E-state index < -0.39 is 0 Å². The zero-order chi connectivity index (χ0) is 18.8. The van der Waals surface area contributed by atoms with Gasteiger partial charge in [0.2, 0.25) is 0 Å². The van der Waals surface area contributed by atoms with E-state index in [4.69, 9.17) is 0 Å². The molecule has 140 valence electrons. The number of hydrogen-bond donors (Lipinski definition) is 2. The van der Waals surface area contributed by atoms with Gasteiger partial charge in [-0.05, 0) is 53.0 Å². The van der Waals surface area contributed by atoms with Gasteiger partial charge in [0, 0.05) is 12.6 Å². The molecule has 3 rings (SSSR count). The second-order valence-corrected chi connectivity index (χ2v) is 10.3. The maximum Gasteiger partial charge on any atom is 0.261 e. The maximum absolute atomic E-state index is 12.4. The molecule has 1 aliphatic rings. The summed E-state index contributed by atoms with van der Waals surface area (Å²) in [5.74, 6) is -0.00329. The van der Waals surface area contributed by atoms with Crippen molar-refractivity contribution < 1.29 is 9.59 Å². The molecule has 2 aromatic heterocycles. The van der Waals surface area contributed by atoms with E-state index in [9.17, 15) is 9.59 Å². The van der Waals surface area contributed by atoms with Crippen molar-refractivity contribution in [3.63, 3.8) is 0 Å². The minimum atomic E-state index is -0.0396. The van der Waals surface area contributed by atoms with Crippen LogP contribution < -0.4 is 10.6 Å². The van der Waals surface area contributed by atoms with E-state index in [-0.39, 0.29) is 28.7 Å². The molecule has 4 nitrogen and oxygen atoms in total. The molecule has 0 bridgehead atoms. The molecule has 2 atom stereocenters. The molecule has 2 heterocycles. The molecule has 0 unspecified atom stereocenters. The average molecular weight is 391 g/mol. The fourth-order valence-corrected chi connectivity index (χ4v) is 5.59. The Kier molecular flexibility index (Phi) is 5.53. The molecule has 1 saturated carbocycles. The predicted octanol–water partition coefficient (Wildman–Crippen LogP) is 4.55. The first-order valence-electron chi connectivity index (χ1n) is 8.93.